The van der Waals surface area contributed by atoms with Gasteiger partial charge in [0.2, 0.25) is 0 Å². The van der Waals surface area contributed by atoms with Crippen molar-refractivity contribution in [2.75, 3.05) is 36.0 Å². The summed E-state index contributed by atoms with van der Waals surface area (Å²) in [5.41, 5.74) is 9.90. The van der Waals surface area contributed by atoms with E-state index in [4.69, 9.17) is 20.4 Å². The Morgan fingerprint density at radius 3 is 2.93 bits per heavy atom. The minimum atomic E-state index is -0.148. The quantitative estimate of drug-likeness (QED) is 0.664. The molecular weight excluding hydrogens is 380 g/mol. The molecule has 9 nitrogen and oxygen atoms in total. The molecule has 0 amide bonds. The third-order valence-corrected chi connectivity index (χ3v) is 6.88. The van der Waals surface area contributed by atoms with Crippen molar-refractivity contribution >= 4 is 28.5 Å². The van der Waals surface area contributed by atoms with Crippen molar-refractivity contribution in [3.05, 3.63) is 30.2 Å². The lowest BCUT2D eigenvalue weighted by atomic mass is 9.85. The van der Waals surface area contributed by atoms with Gasteiger partial charge in [-0.3, -0.25) is 10.1 Å². The number of nitrogens with zero attached hydrogens (tertiary/aromatic N) is 6. The van der Waals surface area contributed by atoms with E-state index in [1.54, 1.807) is 0 Å². The fraction of sp³-hybridized carbons (Fsp3) is 0.524. The highest BCUT2D eigenvalue weighted by Crippen LogP contribution is 2.37. The molecule has 6 heterocycles. The monoisotopic (exact) mass is 406 g/mol. The number of hydrogen-bond acceptors (Lipinski definition) is 8. The van der Waals surface area contributed by atoms with Gasteiger partial charge in [-0.25, -0.2) is 9.97 Å². The molecule has 2 fully saturated rings. The number of rotatable bonds is 2. The van der Waals surface area contributed by atoms with Crippen LogP contribution in [0.1, 0.15) is 31.4 Å². The number of aromatic amines is 1. The third-order valence-electron chi connectivity index (χ3n) is 6.88. The maximum absolute atomic E-state index is 6.32. The topological polar surface area (TPSA) is 109 Å². The Morgan fingerprint density at radius 2 is 2.10 bits per heavy atom. The molecule has 9 heteroatoms. The van der Waals surface area contributed by atoms with Gasteiger partial charge in [0.15, 0.2) is 17.0 Å². The summed E-state index contributed by atoms with van der Waals surface area (Å²) in [7, 11) is 0. The second-order valence-electron chi connectivity index (χ2n) is 8.49. The van der Waals surface area contributed by atoms with E-state index in [1.165, 1.54) is 0 Å². The minimum Gasteiger partial charge on any atom is -0.373 e. The first-order chi connectivity index (χ1) is 14.7. The van der Waals surface area contributed by atoms with Gasteiger partial charge < -0.3 is 20.3 Å². The van der Waals surface area contributed by atoms with E-state index in [1.807, 2.05) is 18.5 Å². The van der Waals surface area contributed by atoms with Crippen LogP contribution >= 0.6 is 0 Å². The van der Waals surface area contributed by atoms with Gasteiger partial charge in [0, 0.05) is 38.5 Å². The van der Waals surface area contributed by atoms with Crippen LogP contribution in [0.25, 0.3) is 11.2 Å². The van der Waals surface area contributed by atoms with Gasteiger partial charge >= 0.3 is 0 Å². The van der Waals surface area contributed by atoms with Crippen molar-refractivity contribution in [3.63, 3.8) is 0 Å². The molecule has 2 saturated heterocycles. The van der Waals surface area contributed by atoms with Crippen LogP contribution in [0.5, 0.6) is 0 Å². The summed E-state index contributed by atoms with van der Waals surface area (Å²) < 4.78 is 6.03. The van der Waals surface area contributed by atoms with Gasteiger partial charge in [0.1, 0.15) is 5.82 Å². The first-order valence-electron chi connectivity index (χ1n) is 10.8. The van der Waals surface area contributed by atoms with Crippen LogP contribution in [0.15, 0.2) is 24.5 Å². The van der Waals surface area contributed by atoms with Crippen LogP contribution < -0.4 is 15.5 Å². The standard InChI is InChI=1S/C21H26N8O/c22-16-5-12-30-21(16)6-10-28(11-7-21)17-13-24-18-19(25-17)26-27-20(18)29-9-2-3-14-15(29)4-1-8-23-14/h1,4,8,13,16H,2-3,5-7,9-12,22H2,(H,25,26,27). The van der Waals surface area contributed by atoms with Gasteiger partial charge in [-0.1, -0.05) is 0 Å². The second kappa shape index (κ2) is 6.88. The average molecular weight is 406 g/mol. The zero-order valence-corrected chi connectivity index (χ0v) is 16.9. The lowest BCUT2D eigenvalue weighted by Crippen LogP contribution is -2.53. The highest BCUT2D eigenvalue weighted by molar-refractivity contribution is 5.87. The van der Waals surface area contributed by atoms with E-state index < -0.39 is 0 Å². The number of ether oxygens (including phenoxy) is 1. The van der Waals surface area contributed by atoms with E-state index in [0.717, 1.165) is 86.9 Å². The van der Waals surface area contributed by atoms with E-state index >= 15 is 0 Å². The molecule has 0 radical (unpaired) electrons. The summed E-state index contributed by atoms with van der Waals surface area (Å²) >= 11 is 0. The largest absolute Gasteiger partial charge is 0.373 e. The van der Waals surface area contributed by atoms with Crippen LogP contribution in [-0.2, 0) is 11.2 Å². The van der Waals surface area contributed by atoms with Crippen molar-refractivity contribution in [2.24, 2.45) is 5.73 Å². The minimum absolute atomic E-state index is 0.144. The normalized spacial score (nSPS) is 23.3. The number of aromatic nitrogens is 5. The molecule has 156 valence electrons. The predicted molar refractivity (Wildman–Crippen MR) is 114 cm³/mol. The number of piperidine rings is 1. The fourth-order valence-corrected chi connectivity index (χ4v) is 5.12. The zero-order valence-electron chi connectivity index (χ0n) is 16.9. The van der Waals surface area contributed by atoms with Crippen LogP contribution in [-0.4, -0.2) is 63.0 Å². The summed E-state index contributed by atoms with van der Waals surface area (Å²) in [5.74, 6) is 1.70. The Morgan fingerprint density at radius 1 is 1.20 bits per heavy atom. The molecular formula is C21H26N8O. The highest BCUT2D eigenvalue weighted by atomic mass is 16.5. The van der Waals surface area contributed by atoms with Gasteiger partial charge in [0.25, 0.3) is 0 Å². The Bertz CT molecular complexity index is 1070. The van der Waals surface area contributed by atoms with Gasteiger partial charge in [0.05, 0.1) is 23.2 Å². The number of nitrogens with two attached hydrogens (primary N) is 1. The Labute approximate surface area is 174 Å². The van der Waals surface area contributed by atoms with E-state index in [0.29, 0.717) is 5.65 Å². The maximum atomic E-state index is 6.32. The summed E-state index contributed by atoms with van der Waals surface area (Å²) in [6.45, 7) is 3.43. The van der Waals surface area contributed by atoms with Gasteiger partial charge in [-0.15, -0.1) is 0 Å². The van der Waals surface area contributed by atoms with Gasteiger partial charge in [-0.2, -0.15) is 5.10 Å². The SMILES string of the molecule is NC1CCOC12CCN(c1cnc3c(N4CCCc5ncccc54)n[nH]c3n1)CC2. The molecule has 3 aliphatic rings. The van der Waals surface area contributed by atoms with Crippen molar-refractivity contribution in [1.29, 1.82) is 0 Å². The molecule has 30 heavy (non-hydrogen) atoms. The first kappa shape index (κ1) is 18.0. The Balaban J connectivity index is 1.27. The van der Waals surface area contributed by atoms with Gasteiger partial charge in [-0.05, 0) is 44.2 Å². The molecule has 3 aromatic rings. The zero-order chi connectivity index (χ0) is 20.1. The average Bonchev–Trinajstić information content (AvgIpc) is 3.37. The van der Waals surface area contributed by atoms with Crippen LogP contribution in [0.3, 0.4) is 0 Å². The second-order valence-corrected chi connectivity index (χ2v) is 8.49. The van der Waals surface area contributed by atoms with Crippen molar-refractivity contribution in [3.8, 4) is 0 Å². The smallest absolute Gasteiger partial charge is 0.183 e. The lowest BCUT2D eigenvalue weighted by Gasteiger charge is -2.41. The molecule has 6 rings (SSSR count). The molecule has 0 bridgehead atoms. The summed E-state index contributed by atoms with van der Waals surface area (Å²) in [6.07, 6.45) is 8.57. The third kappa shape index (κ3) is 2.76. The molecule has 0 aromatic carbocycles. The molecule has 1 spiro atoms. The molecule has 3 N–H and O–H groups in total. The molecule has 3 aromatic heterocycles. The number of nitrogens with one attached hydrogen (secondary N) is 1. The predicted octanol–water partition coefficient (Wildman–Crippen LogP) is 1.92. The van der Waals surface area contributed by atoms with Crippen LogP contribution in [0.4, 0.5) is 17.3 Å². The van der Waals surface area contributed by atoms with Crippen molar-refractivity contribution in [1.82, 2.24) is 25.1 Å². The number of H-pyrrole nitrogens is 1. The van der Waals surface area contributed by atoms with Crippen molar-refractivity contribution in [2.45, 2.75) is 43.7 Å². The van der Waals surface area contributed by atoms with E-state index in [2.05, 4.69) is 31.0 Å². The lowest BCUT2D eigenvalue weighted by molar-refractivity contribution is -0.0230. The van der Waals surface area contributed by atoms with E-state index in [9.17, 15) is 0 Å². The first-order valence-corrected chi connectivity index (χ1v) is 10.8. The fourth-order valence-electron chi connectivity index (χ4n) is 5.12. The highest BCUT2D eigenvalue weighted by Gasteiger charge is 2.44. The van der Waals surface area contributed by atoms with Crippen LogP contribution in [0, 0.1) is 0 Å². The molecule has 0 saturated carbocycles. The van der Waals surface area contributed by atoms with Crippen molar-refractivity contribution < 1.29 is 4.74 Å². The number of hydrogen-bond donors (Lipinski definition) is 2. The molecule has 0 aliphatic carbocycles. The molecule has 1 atom stereocenters. The molecule has 1 unspecified atom stereocenters. The van der Waals surface area contributed by atoms with Crippen LogP contribution in [0.2, 0.25) is 0 Å². The number of anilines is 3. The number of fused-ring (bicyclic) bond motifs is 2. The summed E-state index contributed by atoms with van der Waals surface area (Å²) in [6, 6.07) is 4.22. The number of aryl methyl sites for hydroxylation is 1. The van der Waals surface area contributed by atoms with E-state index in [-0.39, 0.29) is 11.6 Å². The summed E-state index contributed by atoms with van der Waals surface area (Å²) in [4.78, 5) is 18.6. The summed E-state index contributed by atoms with van der Waals surface area (Å²) in [5, 5.41) is 7.66. The molecule has 3 aliphatic heterocycles. The Hall–Kier alpha value is -2.78. The Kier molecular flexibility index (Phi) is 4.14. The number of pyridine rings is 1. The maximum Gasteiger partial charge on any atom is 0.183 e.